The van der Waals surface area contributed by atoms with E-state index in [1.165, 1.54) is 8.61 Å². The lowest BCUT2D eigenvalue weighted by atomic mass is 10.1. The fourth-order valence-electron chi connectivity index (χ4n) is 4.19. The molecule has 2 saturated heterocycles. The number of piperazine rings is 1. The Morgan fingerprint density at radius 1 is 0.758 bits per heavy atom. The second kappa shape index (κ2) is 9.54. The van der Waals surface area contributed by atoms with Crippen LogP contribution in [0.2, 0.25) is 0 Å². The predicted molar refractivity (Wildman–Crippen MR) is 126 cm³/mol. The summed E-state index contributed by atoms with van der Waals surface area (Å²) in [5.74, 6) is -0.256. The Kier molecular flexibility index (Phi) is 6.90. The van der Waals surface area contributed by atoms with E-state index in [1.807, 2.05) is 6.92 Å². The van der Waals surface area contributed by atoms with Crippen molar-refractivity contribution < 1.29 is 21.6 Å². The lowest BCUT2D eigenvalue weighted by Crippen LogP contribution is -2.50. The van der Waals surface area contributed by atoms with Crippen LogP contribution < -0.4 is 0 Å². The zero-order chi connectivity index (χ0) is 23.6. The quantitative estimate of drug-likeness (QED) is 0.617. The zero-order valence-electron chi connectivity index (χ0n) is 18.7. The molecule has 0 unspecified atom stereocenters. The highest BCUT2D eigenvalue weighted by Gasteiger charge is 2.30. The van der Waals surface area contributed by atoms with Gasteiger partial charge in [0, 0.05) is 44.8 Å². The summed E-state index contributed by atoms with van der Waals surface area (Å²) in [5, 5.41) is 0. The number of carbonyl (C=O) groups excluding carboxylic acids is 1. The largest absolute Gasteiger partial charge is 0.336 e. The van der Waals surface area contributed by atoms with Crippen molar-refractivity contribution in [3.8, 4) is 0 Å². The number of carbonyl (C=O) groups is 1. The normalized spacial score (nSPS) is 18.5. The first-order valence-corrected chi connectivity index (χ1v) is 14.1. The van der Waals surface area contributed by atoms with Crippen LogP contribution in [0.1, 0.15) is 34.3 Å². The van der Waals surface area contributed by atoms with E-state index in [0.29, 0.717) is 37.3 Å². The first kappa shape index (κ1) is 23.9. The fourth-order valence-corrected chi connectivity index (χ4v) is 7.22. The van der Waals surface area contributed by atoms with Gasteiger partial charge in [-0.2, -0.15) is 4.31 Å². The molecule has 0 aliphatic carbocycles. The average molecular weight is 492 g/mol. The minimum atomic E-state index is -3.59. The molecule has 33 heavy (non-hydrogen) atoms. The molecule has 2 heterocycles. The molecule has 4 rings (SSSR count). The molecule has 1 amide bonds. The first-order chi connectivity index (χ1) is 15.7. The molecule has 0 radical (unpaired) electrons. The fraction of sp³-hybridized carbons (Fsp3) is 0.435. The van der Waals surface area contributed by atoms with Gasteiger partial charge >= 0.3 is 0 Å². The second-order valence-corrected chi connectivity index (χ2v) is 12.5. The van der Waals surface area contributed by atoms with Gasteiger partial charge in [-0.25, -0.2) is 21.1 Å². The highest BCUT2D eigenvalue weighted by Crippen LogP contribution is 2.20. The highest BCUT2D eigenvalue weighted by molar-refractivity contribution is 7.89. The molecule has 8 nitrogen and oxygen atoms in total. The first-order valence-electron chi connectivity index (χ1n) is 11.1. The minimum absolute atomic E-state index is 0.0724. The van der Waals surface area contributed by atoms with Gasteiger partial charge in [0.05, 0.1) is 10.6 Å². The van der Waals surface area contributed by atoms with Gasteiger partial charge in [0.25, 0.3) is 5.91 Å². The van der Waals surface area contributed by atoms with Crippen LogP contribution in [-0.2, 0) is 25.8 Å². The Morgan fingerprint density at radius 3 is 1.91 bits per heavy atom. The number of aryl methyl sites for hydroxylation is 1. The van der Waals surface area contributed by atoms with Gasteiger partial charge in [0.2, 0.25) is 20.0 Å². The number of nitrogens with zero attached hydrogens (tertiary/aromatic N) is 3. The van der Waals surface area contributed by atoms with E-state index in [-0.39, 0.29) is 29.6 Å². The summed E-state index contributed by atoms with van der Waals surface area (Å²) in [6.07, 6.45) is 1.79. The summed E-state index contributed by atoms with van der Waals surface area (Å²) in [6, 6.07) is 13.4. The molecule has 10 heteroatoms. The molecule has 0 saturated carbocycles. The summed E-state index contributed by atoms with van der Waals surface area (Å²) in [6.45, 7) is 4.11. The summed E-state index contributed by atoms with van der Waals surface area (Å²) in [7, 11) is -6.92. The van der Waals surface area contributed by atoms with Crippen LogP contribution >= 0.6 is 0 Å². The molecule has 0 aromatic heterocycles. The van der Waals surface area contributed by atoms with Crippen LogP contribution in [0.5, 0.6) is 0 Å². The van der Waals surface area contributed by atoms with Crippen LogP contribution in [0.4, 0.5) is 0 Å². The number of sulfonamides is 2. The number of amides is 1. The van der Waals surface area contributed by atoms with E-state index in [1.54, 1.807) is 53.4 Å². The number of hydrogen-bond acceptors (Lipinski definition) is 5. The minimum Gasteiger partial charge on any atom is -0.336 e. The van der Waals surface area contributed by atoms with E-state index in [9.17, 15) is 21.6 Å². The monoisotopic (exact) mass is 491 g/mol. The Labute approximate surface area is 195 Å². The van der Waals surface area contributed by atoms with Gasteiger partial charge < -0.3 is 4.90 Å². The molecule has 0 spiro atoms. The van der Waals surface area contributed by atoms with E-state index < -0.39 is 20.0 Å². The molecule has 2 aromatic carbocycles. The van der Waals surface area contributed by atoms with Crippen LogP contribution in [0.25, 0.3) is 0 Å². The van der Waals surface area contributed by atoms with Crippen molar-refractivity contribution in [3.05, 3.63) is 65.2 Å². The van der Waals surface area contributed by atoms with Gasteiger partial charge in [-0.15, -0.1) is 0 Å². The number of benzene rings is 2. The summed E-state index contributed by atoms with van der Waals surface area (Å²) in [5.41, 5.74) is 2.10. The SMILES string of the molecule is Cc1ccc(S(=O)(=O)N2CCN(C(=O)c3ccc(CS(=O)(=O)N4CCCC4)cc3)CC2)cc1. The third-order valence-electron chi connectivity index (χ3n) is 6.19. The Morgan fingerprint density at radius 2 is 1.33 bits per heavy atom. The van der Waals surface area contributed by atoms with Crippen LogP contribution in [0, 0.1) is 6.92 Å². The maximum Gasteiger partial charge on any atom is 0.253 e. The molecule has 178 valence electrons. The van der Waals surface area contributed by atoms with E-state index in [0.717, 1.165) is 18.4 Å². The molecule has 2 aliphatic heterocycles. The summed E-state index contributed by atoms with van der Waals surface area (Å²) in [4.78, 5) is 14.8. The lowest BCUT2D eigenvalue weighted by Gasteiger charge is -2.34. The van der Waals surface area contributed by atoms with Gasteiger partial charge in [-0.1, -0.05) is 29.8 Å². The lowest BCUT2D eigenvalue weighted by molar-refractivity contribution is 0.0698. The molecule has 2 fully saturated rings. The third kappa shape index (κ3) is 5.29. The maximum absolute atomic E-state index is 12.9. The number of rotatable bonds is 6. The second-order valence-electron chi connectivity index (χ2n) is 8.57. The standard InChI is InChI=1S/C23H29N3O5S2/c1-19-4-10-22(11-5-19)33(30,31)26-16-14-24(15-17-26)23(27)21-8-6-20(7-9-21)18-32(28,29)25-12-2-3-13-25/h4-11H,2-3,12-18H2,1H3. The van der Waals surface area contributed by atoms with Crippen molar-refractivity contribution >= 4 is 26.0 Å². The third-order valence-corrected chi connectivity index (χ3v) is 9.96. The Bertz CT molecular complexity index is 1200. The van der Waals surface area contributed by atoms with Crippen molar-refractivity contribution in [1.82, 2.24) is 13.5 Å². The highest BCUT2D eigenvalue weighted by atomic mass is 32.2. The zero-order valence-corrected chi connectivity index (χ0v) is 20.3. The number of hydrogen-bond donors (Lipinski definition) is 0. The van der Waals surface area contributed by atoms with Crippen molar-refractivity contribution in [1.29, 1.82) is 0 Å². The predicted octanol–water partition coefficient (Wildman–Crippen LogP) is 2.07. The Hall–Kier alpha value is -2.27. The van der Waals surface area contributed by atoms with Crippen LogP contribution in [0.3, 0.4) is 0 Å². The van der Waals surface area contributed by atoms with Crippen molar-refractivity contribution in [3.63, 3.8) is 0 Å². The molecule has 0 atom stereocenters. The molecule has 2 aliphatic rings. The van der Waals surface area contributed by atoms with Gasteiger partial charge in [-0.05, 0) is 49.6 Å². The van der Waals surface area contributed by atoms with Crippen molar-refractivity contribution in [2.24, 2.45) is 0 Å². The van der Waals surface area contributed by atoms with Crippen LogP contribution in [-0.4, -0.2) is 75.5 Å². The molecule has 0 N–H and O–H groups in total. The van der Waals surface area contributed by atoms with Crippen LogP contribution in [0.15, 0.2) is 53.4 Å². The van der Waals surface area contributed by atoms with Crippen molar-refractivity contribution in [2.45, 2.75) is 30.4 Å². The van der Waals surface area contributed by atoms with E-state index in [4.69, 9.17) is 0 Å². The smallest absolute Gasteiger partial charge is 0.253 e. The maximum atomic E-state index is 12.9. The topological polar surface area (TPSA) is 95.1 Å². The average Bonchev–Trinajstić information content (AvgIpc) is 3.36. The summed E-state index contributed by atoms with van der Waals surface area (Å²) >= 11 is 0. The van der Waals surface area contributed by atoms with Gasteiger partial charge in [-0.3, -0.25) is 4.79 Å². The molecule has 2 aromatic rings. The van der Waals surface area contributed by atoms with E-state index in [2.05, 4.69) is 0 Å². The van der Waals surface area contributed by atoms with Gasteiger partial charge in [0.15, 0.2) is 0 Å². The van der Waals surface area contributed by atoms with E-state index >= 15 is 0 Å². The summed E-state index contributed by atoms with van der Waals surface area (Å²) < 4.78 is 53.7. The molecular weight excluding hydrogens is 462 g/mol. The van der Waals surface area contributed by atoms with Gasteiger partial charge in [0.1, 0.15) is 0 Å². The van der Waals surface area contributed by atoms with Crippen molar-refractivity contribution in [2.75, 3.05) is 39.3 Å². The molecular formula is C23H29N3O5S2. The Balaban J connectivity index is 1.36. The molecule has 0 bridgehead atoms.